The summed E-state index contributed by atoms with van der Waals surface area (Å²) in [6.45, 7) is 2.01. The molecule has 3 atom stereocenters. The van der Waals surface area contributed by atoms with Gasteiger partial charge in [0.05, 0.1) is 16.4 Å². The highest BCUT2D eigenvalue weighted by atomic mass is 16.1. The standard InChI is InChI=1S/C37H25NO/c1-2-11-28-34-27-17-10-16-23-24-20-21-31-32(26-15-7-9-19-30(26)38(31)22-12-4-3-5-13-22)35(24)37(34,33(23)27)29-18-8-6-14-25(29)36(28)39/h2-21,27,33H,1H3/b11-2-. The molecule has 0 amide bonds. The lowest BCUT2D eigenvalue weighted by Crippen LogP contribution is -2.55. The van der Waals surface area contributed by atoms with E-state index in [-0.39, 0.29) is 17.1 Å². The first kappa shape index (κ1) is 21.3. The van der Waals surface area contributed by atoms with Gasteiger partial charge in [-0.25, -0.2) is 0 Å². The molecule has 2 heteroatoms. The van der Waals surface area contributed by atoms with Gasteiger partial charge in [-0.2, -0.15) is 0 Å². The van der Waals surface area contributed by atoms with Crippen LogP contribution in [-0.2, 0) is 5.41 Å². The molecule has 4 aliphatic carbocycles. The third kappa shape index (κ3) is 2.29. The van der Waals surface area contributed by atoms with Crippen LogP contribution < -0.4 is 0 Å². The lowest BCUT2D eigenvalue weighted by molar-refractivity contribution is 0.101. The molecule has 1 aromatic heterocycles. The van der Waals surface area contributed by atoms with Gasteiger partial charge in [0, 0.05) is 39.4 Å². The Kier molecular flexibility index (Phi) is 3.95. The molecule has 0 bridgehead atoms. The predicted molar refractivity (Wildman–Crippen MR) is 158 cm³/mol. The largest absolute Gasteiger partial charge is 0.309 e. The van der Waals surface area contributed by atoms with E-state index in [0.29, 0.717) is 5.92 Å². The second-order valence-electron chi connectivity index (χ2n) is 11.1. The highest BCUT2D eigenvalue weighted by molar-refractivity contribution is 6.19. The van der Waals surface area contributed by atoms with Crippen LogP contribution in [0.4, 0.5) is 0 Å². The van der Waals surface area contributed by atoms with Crippen LogP contribution in [0.5, 0.6) is 0 Å². The molecule has 0 aliphatic heterocycles. The number of carbonyl (C=O) groups excluding carboxylic acids is 1. The number of nitrogens with zero attached hydrogens (tertiary/aromatic N) is 1. The predicted octanol–water partition coefficient (Wildman–Crippen LogP) is 8.35. The molecule has 1 saturated carbocycles. The minimum absolute atomic E-state index is 0.152. The first-order valence-electron chi connectivity index (χ1n) is 13.8. The SMILES string of the molecule is C/C=C\C1=C2C3C=CC=C4c5ccc6c(c5C2(c2ccccc2C1=O)C43)c1ccccc1n6-c1ccccc1. The minimum Gasteiger partial charge on any atom is -0.309 e. The second-order valence-corrected chi connectivity index (χ2v) is 11.1. The fourth-order valence-corrected chi connectivity index (χ4v) is 8.36. The average Bonchev–Trinajstić information content (AvgIpc) is 3.46. The van der Waals surface area contributed by atoms with Gasteiger partial charge in [0.15, 0.2) is 5.78 Å². The maximum absolute atomic E-state index is 14.0. The van der Waals surface area contributed by atoms with Crippen molar-refractivity contribution in [2.45, 2.75) is 12.3 Å². The van der Waals surface area contributed by atoms with Crippen molar-refractivity contribution in [3.05, 3.63) is 155 Å². The zero-order valence-corrected chi connectivity index (χ0v) is 21.6. The van der Waals surface area contributed by atoms with E-state index in [1.54, 1.807) is 0 Å². The number of hydrogen-bond acceptors (Lipinski definition) is 1. The summed E-state index contributed by atoms with van der Waals surface area (Å²) in [5.74, 6) is 0.685. The van der Waals surface area contributed by atoms with Crippen molar-refractivity contribution >= 4 is 33.2 Å². The second kappa shape index (κ2) is 7.24. The number of ketones is 1. The molecule has 4 aromatic carbocycles. The van der Waals surface area contributed by atoms with E-state index in [2.05, 4.69) is 108 Å². The van der Waals surface area contributed by atoms with Gasteiger partial charge in [0.2, 0.25) is 0 Å². The molecule has 39 heavy (non-hydrogen) atoms. The number of aromatic nitrogens is 1. The lowest BCUT2D eigenvalue weighted by Gasteiger charge is -2.58. The van der Waals surface area contributed by atoms with E-state index >= 15 is 0 Å². The summed E-state index contributed by atoms with van der Waals surface area (Å²) in [6, 6.07) is 32.5. The summed E-state index contributed by atoms with van der Waals surface area (Å²) >= 11 is 0. The van der Waals surface area contributed by atoms with Crippen LogP contribution in [-0.4, -0.2) is 10.4 Å². The average molecular weight is 500 g/mol. The topological polar surface area (TPSA) is 22.0 Å². The number of Topliss-reactive ketones (excluding diaryl/α,β-unsaturated/α-hetero) is 1. The Bertz CT molecular complexity index is 2050. The van der Waals surface area contributed by atoms with E-state index in [9.17, 15) is 4.79 Å². The van der Waals surface area contributed by atoms with E-state index in [4.69, 9.17) is 0 Å². The van der Waals surface area contributed by atoms with E-state index < -0.39 is 0 Å². The number of carbonyl (C=O) groups is 1. The van der Waals surface area contributed by atoms with Crippen molar-refractivity contribution < 1.29 is 4.79 Å². The molecule has 0 radical (unpaired) electrons. The third-order valence-electron chi connectivity index (χ3n) is 9.54. The Morgan fingerprint density at radius 2 is 1.62 bits per heavy atom. The monoisotopic (exact) mass is 499 g/mol. The van der Waals surface area contributed by atoms with E-state index in [1.807, 2.05) is 25.1 Å². The quantitative estimate of drug-likeness (QED) is 0.239. The molecule has 1 spiro atoms. The smallest absolute Gasteiger partial charge is 0.193 e. The van der Waals surface area contributed by atoms with Crippen molar-refractivity contribution in [3.8, 4) is 5.69 Å². The van der Waals surface area contributed by atoms with Crippen LogP contribution >= 0.6 is 0 Å². The van der Waals surface area contributed by atoms with E-state index in [0.717, 1.165) is 16.8 Å². The highest BCUT2D eigenvalue weighted by Crippen LogP contribution is 2.74. The molecule has 3 unspecified atom stereocenters. The van der Waals surface area contributed by atoms with E-state index in [1.165, 1.54) is 49.6 Å². The van der Waals surface area contributed by atoms with Crippen LogP contribution in [0.15, 0.2) is 133 Å². The van der Waals surface area contributed by atoms with Gasteiger partial charge >= 0.3 is 0 Å². The molecule has 0 saturated heterocycles. The summed E-state index contributed by atoms with van der Waals surface area (Å²) in [7, 11) is 0. The van der Waals surface area contributed by atoms with Crippen LogP contribution in [0, 0.1) is 11.8 Å². The van der Waals surface area contributed by atoms with Gasteiger partial charge in [-0.05, 0) is 59.0 Å². The normalized spacial score (nSPS) is 24.0. The van der Waals surface area contributed by atoms with Crippen LogP contribution in [0.1, 0.15) is 34.0 Å². The molecule has 1 fully saturated rings. The molecule has 9 rings (SSSR count). The fourth-order valence-electron chi connectivity index (χ4n) is 8.36. The Hall–Kier alpha value is -4.69. The molecule has 184 valence electrons. The molecule has 0 N–H and O–H groups in total. The molecule has 2 nitrogen and oxygen atoms in total. The van der Waals surface area contributed by atoms with Gasteiger partial charge in [-0.1, -0.05) is 97.1 Å². The number of fused-ring (bicyclic) bond motifs is 8. The van der Waals surface area contributed by atoms with Crippen molar-refractivity contribution in [2.24, 2.45) is 11.8 Å². The summed E-state index contributed by atoms with van der Waals surface area (Å²) in [5, 5.41) is 2.57. The fraction of sp³-hybridized carbons (Fsp3) is 0.108. The molecule has 4 aliphatic rings. The molecular formula is C37H25NO. The number of hydrogen-bond donors (Lipinski definition) is 0. The van der Waals surface area contributed by atoms with Gasteiger partial charge < -0.3 is 4.57 Å². The van der Waals surface area contributed by atoms with Gasteiger partial charge in [0.25, 0.3) is 0 Å². The number of benzene rings is 4. The van der Waals surface area contributed by atoms with Crippen molar-refractivity contribution in [1.29, 1.82) is 0 Å². The zero-order chi connectivity index (χ0) is 25.9. The van der Waals surface area contributed by atoms with Gasteiger partial charge in [0.1, 0.15) is 0 Å². The van der Waals surface area contributed by atoms with Crippen molar-refractivity contribution in [2.75, 3.05) is 0 Å². The van der Waals surface area contributed by atoms with Crippen molar-refractivity contribution in [3.63, 3.8) is 0 Å². The van der Waals surface area contributed by atoms with Crippen LogP contribution in [0.2, 0.25) is 0 Å². The minimum atomic E-state index is -0.346. The molecular weight excluding hydrogens is 474 g/mol. The Labute approximate surface area is 226 Å². The molecule has 5 aromatic rings. The first-order chi connectivity index (χ1) is 19.3. The maximum Gasteiger partial charge on any atom is 0.193 e. The summed E-state index contributed by atoms with van der Waals surface area (Å²) in [5.41, 5.74) is 11.5. The number of allylic oxidation sites excluding steroid dienone is 8. The Balaban J connectivity index is 1.52. The van der Waals surface area contributed by atoms with Crippen LogP contribution in [0.3, 0.4) is 0 Å². The summed E-state index contributed by atoms with van der Waals surface area (Å²) in [4.78, 5) is 14.0. The van der Waals surface area contributed by atoms with Gasteiger partial charge in [-0.3, -0.25) is 4.79 Å². The maximum atomic E-state index is 14.0. The lowest BCUT2D eigenvalue weighted by atomic mass is 9.43. The zero-order valence-electron chi connectivity index (χ0n) is 21.6. The number of rotatable bonds is 2. The van der Waals surface area contributed by atoms with Crippen LogP contribution in [0.25, 0.3) is 33.1 Å². The van der Waals surface area contributed by atoms with Crippen molar-refractivity contribution in [1.82, 2.24) is 4.57 Å². The summed E-state index contributed by atoms with van der Waals surface area (Å²) in [6.07, 6.45) is 10.9. The molecule has 1 heterocycles. The highest BCUT2D eigenvalue weighted by Gasteiger charge is 2.68. The number of para-hydroxylation sites is 2. The Morgan fingerprint density at radius 1 is 0.821 bits per heavy atom. The summed E-state index contributed by atoms with van der Waals surface area (Å²) < 4.78 is 2.41. The third-order valence-corrected chi connectivity index (χ3v) is 9.54. The first-order valence-corrected chi connectivity index (χ1v) is 13.8. The van der Waals surface area contributed by atoms with Gasteiger partial charge in [-0.15, -0.1) is 0 Å². The Morgan fingerprint density at radius 3 is 2.49 bits per heavy atom.